The fourth-order valence-corrected chi connectivity index (χ4v) is 4.25. The van der Waals surface area contributed by atoms with Crippen molar-refractivity contribution in [2.24, 2.45) is 0 Å². The number of piperidine rings is 1. The number of hydrogen-bond donors (Lipinski definition) is 1. The molecule has 1 N–H and O–H groups in total. The molecule has 0 aromatic heterocycles. The van der Waals surface area contributed by atoms with Gasteiger partial charge in [0.1, 0.15) is 5.54 Å². The van der Waals surface area contributed by atoms with Crippen LogP contribution in [0.1, 0.15) is 36.5 Å². The van der Waals surface area contributed by atoms with Crippen molar-refractivity contribution >= 4 is 23.6 Å². The van der Waals surface area contributed by atoms with Crippen molar-refractivity contribution in [3.8, 4) is 0 Å². The molecule has 5 heteroatoms. The van der Waals surface area contributed by atoms with Crippen LogP contribution in [0.15, 0.2) is 65.6 Å². The highest BCUT2D eigenvalue weighted by Gasteiger charge is 2.43. The number of hydrogen-bond acceptors (Lipinski definition) is 3. The number of likely N-dealkylation sites (tertiary alicyclic amines) is 1. The number of nitrogens with one attached hydrogen (secondary N) is 1. The van der Waals surface area contributed by atoms with E-state index in [0.29, 0.717) is 25.1 Å². The summed E-state index contributed by atoms with van der Waals surface area (Å²) >= 11 is 1.72. The summed E-state index contributed by atoms with van der Waals surface area (Å²) in [6, 6.07) is 19.4. The molecule has 2 aromatic carbocycles. The number of carbonyl (C=O) groups is 2. The van der Waals surface area contributed by atoms with E-state index in [0.717, 1.165) is 18.6 Å². The van der Waals surface area contributed by atoms with Crippen LogP contribution in [0.3, 0.4) is 0 Å². The largest absolute Gasteiger partial charge is 0.353 e. The van der Waals surface area contributed by atoms with Gasteiger partial charge in [0.15, 0.2) is 0 Å². The first-order chi connectivity index (χ1) is 13.1. The van der Waals surface area contributed by atoms with Gasteiger partial charge in [0.25, 0.3) is 5.91 Å². The summed E-state index contributed by atoms with van der Waals surface area (Å²) in [4.78, 5) is 28.9. The molecule has 1 aliphatic rings. The first kappa shape index (κ1) is 19.5. The summed E-state index contributed by atoms with van der Waals surface area (Å²) in [7, 11) is 0. The predicted octanol–water partition coefficient (Wildman–Crippen LogP) is 3.98. The van der Waals surface area contributed by atoms with Crippen LogP contribution in [0.4, 0.5) is 0 Å². The van der Waals surface area contributed by atoms with E-state index in [9.17, 15) is 9.59 Å². The zero-order valence-electron chi connectivity index (χ0n) is 15.7. The number of rotatable bonds is 6. The third-order valence-electron chi connectivity index (χ3n) is 5.05. The molecule has 0 spiro atoms. The minimum atomic E-state index is -0.789. The Bertz CT molecular complexity index is 766. The Hall–Kier alpha value is -2.27. The van der Waals surface area contributed by atoms with E-state index in [2.05, 4.69) is 17.4 Å². The van der Waals surface area contributed by atoms with Crippen LogP contribution in [-0.4, -0.2) is 41.1 Å². The van der Waals surface area contributed by atoms with Gasteiger partial charge >= 0.3 is 0 Å². The van der Waals surface area contributed by atoms with Crippen molar-refractivity contribution in [1.29, 1.82) is 0 Å². The van der Waals surface area contributed by atoms with E-state index in [1.807, 2.05) is 55.5 Å². The number of thioether (sulfide) groups is 1. The van der Waals surface area contributed by atoms with Crippen molar-refractivity contribution in [2.75, 3.05) is 18.8 Å². The molecule has 1 heterocycles. The highest BCUT2D eigenvalue weighted by atomic mass is 32.2. The second kappa shape index (κ2) is 9.09. The molecule has 142 valence electrons. The molecule has 1 atom stereocenters. The SMILES string of the molecule is C[C@@]1(C(=O)NCCSc2ccccc2)CCCCN1C(=O)c1ccccc1. The lowest BCUT2D eigenvalue weighted by Crippen LogP contribution is -2.61. The minimum Gasteiger partial charge on any atom is -0.353 e. The summed E-state index contributed by atoms with van der Waals surface area (Å²) < 4.78 is 0. The normalized spacial score (nSPS) is 19.5. The van der Waals surface area contributed by atoms with Crippen molar-refractivity contribution in [1.82, 2.24) is 10.2 Å². The van der Waals surface area contributed by atoms with Gasteiger partial charge in [0, 0.05) is 29.3 Å². The number of carbonyl (C=O) groups excluding carboxylic acids is 2. The lowest BCUT2D eigenvalue weighted by molar-refractivity contribution is -0.132. The highest BCUT2D eigenvalue weighted by molar-refractivity contribution is 7.99. The Morgan fingerprint density at radius 1 is 1.04 bits per heavy atom. The molecule has 1 saturated heterocycles. The molecule has 0 radical (unpaired) electrons. The number of nitrogens with zero attached hydrogens (tertiary/aromatic N) is 1. The lowest BCUT2D eigenvalue weighted by atomic mass is 9.86. The fourth-order valence-electron chi connectivity index (χ4n) is 3.46. The van der Waals surface area contributed by atoms with Crippen LogP contribution in [0.25, 0.3) is 0 Å². The van der Waals surface area contributed by atoms with Crippen LogP contribution in [-0.2, 0) is 4.79 Å². The van der Waals surface area contributed by atoms with E-state index in [1.165, 1.54) is 4.90 Å². The van der Waals surface area contributed by atoms with Crippen LogP contribution in [0.5, 0.6) is 0 Å². The maximum absolute atomic E-state index is 13.0. The van der Waals surface area contributed by atoms with Crippen molar-refractivity contribution in [3.05, 3.63) is 66.2 Å². The quantitative estimate of drug-likeness (QED) is 0.607. The Balaban J connectivity index is 1.61. The van der Waals surface area contributed by atoms with Gasteiger partial charge in [-0.2, -0.15) is 0 Å². The van der Waals surface area contributed by atoms with E-state index in [4.69, 9.17) is 0 Å². The van der Waals surface area contributed by atoms with E-state index in [1.54, 1.807) is 16.7 Å². The molecule has 2 aromatic rings. The van der Waals surface area contributed by atoms with Crippen LogP contribution < -0.4 is 5.32 Å². The van der Waals surface area contributed by atoms with E-state index >= 15 is 0 Å². The molecule has 3 rings (SSSR count). The maximum Gasteiger partial charge on any atom is 0.254 e. The first-order valence-corrected chi connectivity index (χ1v) is 10.4. The summed E-state index contributed by atoms with van der Waals surface area (Å²) in [6.45, 7) is 3.10. The monoisotopic (exact) mass is 382 g/mol. The Kier molecular flexibility index (Phi) is 6.56. The highest BCUT2D eigenvalue weighted by Crippen LogP contribution is 2.30. The van der Waals surface area contributed by atoms with Gasteiger partial charge in [-0.15, -0.1) is 11.8 Å². The van der Waals surface area contributed by atoms with E-state index < -0.39 is 5.54 Å². The lowest BCUT2D eigenvalue weighted by Gasteiger charge is -2.43. The first-order valence-electron chi connectivity index (χ1n) is 9.44. The van der Waals surface area contributed by atoms with Gasteiger partial charge in [0.05, 0.1) is 0 Å². The van der Waals surface area contributed by atoms with Crippen molar-refractivity contribution in [3.63, 3.8) is 0 Å². The summed E-state index contributed by atoms with van der Waals surface area (Å²) in [5, 5.41) is 3.05. The molecule has 4 nitrogen and oxygen atoms in total. The summed E-state index contributed by atoms with van der Waals surface area (Å²) in [5.74, 6) is 0.685. The second-order valence-electron chi connectivity index (χ2n) is 6.97. The van der Waals surface area contributed by atoms with Gasteiger partial charge in [-0.1, -0.05) is 36.4 Å². The zero-order valence-corrected chi connectivity index (χ0v) is 16.5. The fraction of sp³-hybridized carbons (Fsp3) is 0.364. The molecule has 1 fully saturated rings. The standard InChI is InChI=1S/C22H26N2O2S/c1-22(21(26)23-15-17-27-19-12-6-3-7-13-19)14-8-9-16-24(22)20(25)18-10-4-2-5-11-18/h2-7,10-13H,8-9,14-17H2,1H3,(H,23,26)/t22-/m0/s1. The second-order valence-corrected chi connectivity index (χ2v) is 8.14. The molecule has 2 amide bonds. The molecule has 1 aliphatic heterocycles. The Morgan fingerprint density at radius 2 is 1.70 bits per heavy atom. The van der Waals surface area contributed by atoms with Gasteiger partial charge < -0.3 is 10.2 Å². The topological polar surface area (TPSA) is 49.4 Å². The van der Waals surface area contributed by atoms with Crippen LogP contribution >= 0.6 is 11.8 Å². The average molecular weight is 383 g/mol. The Morgan fingerprint density at radius 3 is 2.41 bits per heavy atom. The van der Waals surface area contributed by atoms with Gasteiger partial charge in [0.2, 0.25) is 5.91 Å². The summed E-state index contributed by atoms with van der Waals surface area (Å²) in [5.41, 5.74) is -0.152. The molecule has 0 bridgehead atoms. The van der Waals surface area contributed by atoms with Gasteiger partial charge in [-0.05, 0) is 50.5 Å². The van der Waals surface area contributed by atoms with Crippen LogP contribution in [0.2, 0.25) is 0 Å². The van der Waals surface area contributed by atoms with E-state index in [-0.39, 0.29) is 11.8 Å². The number of benzene rings is 2. The molecule has 0 unspecified atom stereocenters. The molecule has 0 aliphatic carbocycles. The number of amides is 2. The average Bonchev–Trinajstić information content (AvgIpc) is 2.72. The van der Waals surface area contributed by atoms with Crippen molar-refractivity contribution in [2.45, 2.75) is 36.6 Å². The maximum atomic E-state index is 13.0. The zero-order chi connectivity index (χ0) is 19.1. The third-order valence-corrected chi connectivity index (χ3v) is 6.06. The van der Waals surface area contributed by atoms with Crippen molar-refractivity contribution < 1.29 is 9.59 Å². The van der Waals surface area contributed by atoms with Crippen LogP contribution in [0, 0.1) is 0 Å². The molecular formula is C22H26N2O2S. The predicted molar refractivity (Wildman–Crippen MR) is 110 cm³/mol. The smallest absolute Gasteiger partial charge is 0.254 e. The summed E-state index contributed by atoms with van der Waals surface area (Å²) in [6.07, 6.45) is 2.59. The van der Waals surface area contributed by atoms with Gasteiger partial charge in [-0.25, -0.2) is 0 Å². The van der Waals surface area contributed by atoms with Gasteiger partial charge in [-0.3, -0.25) is 9.59 Å². The molecule has 27 heavy (non-hydrogen) atoms. The minimum absolute atomic E-state index is 0.0554. The molecule has 0 saturated carbocycles. The Labute approximate surface area is 165 Å². The third kappa shape index (κ3) is 4.72. The molecular weight excluding hydrogens is 356 g/mol.